The van der Waals surface area contributed by atoms with E-state index in [2.05, 4.69) is 0 Å². The van der Waals surface area contributed by atoms with Gasteiger partial charge in [-0.15, -0.1) is 0 Å². The molecule has 1 aromatic rings. The summed E-state index contributed by atoms with van der Waals surface area (Å²) in [6.45, 7) is 1.36. The summed E-state index contributed by atoms with van der Waals surface area (Å²) in [7, 11) is -3.17. The molecule has 2 fully saturated rings. The standard InChI is InChI=1S/C16H21O4S.PS.Tl/c17-11-10-15(6-7-15)21(18,19)16(8-9-16)13-20-12-14-4-2-1-3-5-14;1-2;/h1-5H,6-13H2;;/q2*-1;+3. The van der Waals surface area contributed by atoms with Gasteiger partial charge in [0.2, 0.25) is 0 Å². The number of hydrogen-bond acceptors (Lipinski definition) is 5. The van der Waals surface area contributed by atoms with E-state index in [1.165, 1.54) is 0 Å². The van der Waals surface area contributed by atoms with E-state index in [1.807, 2.05) is 30.3 Å². The Labute approximate surface area is 161 Å². The molecule has 0 saturated heterocycles. The molecule has 0 unspecified atom stereocenters. The average Bonchev–Trinajstić information content (AvgIpc) is 3.48. The quantitative estimate of drug-likeness (QED) is 0.244. The first-order valence-electron chi connectivity index (χ1n) is 8.17. The van der Waals surface area contributed by atoms with E-state index >= 15 is 0 Å². The van der Waals surface area contributed by atoms with E-state index in [0.717, 1.165) is 35.2 Å². The van der Waals surface area contributed by atoms with Crippen molar-refractivity contribution in [2.45, 2.75) is 48.2 Å². The van der Waals surface area contributed by atoms with E-state index in [9.17, 15) is 8.42 Å². The maximum atomic E-state index is 13.2. The normalized spacial score (nSPS) is 20.2. The van der Waals surface area contributed by atoms with Gasteiger partial charge >= 0.3 is 156 Å². The summed E-state index contributed by atoms with van der Waals surface area (Å²) in [5.74, 6) is 0. The molecule has 24 heavy (non-hydrogen) atoms. The zero-order valence-corrected chi connectivity index (χ0v) is 20.5. The Kier molecular flexibility index (Phi) is 6.58. The zero-order chi connectivity index (χ0) is 17.1. The molecule has 8 heteroatoms. The monoisotopic (exact) mass is 577 g/mol. The fraction of sp³-hybridized carbons (Fsp3) is 0.625. The Morgan fingerprint density at radius 2 is 1.79 bits per heavy atom. The molecule has 3 rings (SSSR count). The van der Waals surface area contributed by atoms with Crippen molar-refractivity contribution in [3.8, 4) is 0 Å². The Bertz CT molecular complexity index is 724. The van der Waals surface area contributed by atoms with Crippen LogP contribution in [0.1, 0.15) is 37.7 Å². The first-order valence-corrected chi connectivity index (χ1v) is 19.5. The van der Waals surface area contributed by atoms with Crippen LogP contribution in [0.5, 0.6) is 0 Å². The molecule has 0 atom stereocenters. The average molecular weight is 577 g/mol. The first kappa shape index (κ1) is 19.4. The Balaban J connectivity index is 1.58. The molecule has 2 aliphatic carbocycles. The van der Waals surface area contributed by atoms with Crippen LogP contribution in [0.2, 0.25) is 0 Å². The van der Waals surface area contributed by atoms with E-state index in [1.54, 1.807) is 0 Å². The molecule has 0 aliphatic heterocycles. The van der Waals surface area contributed by atoms with Crippen LogP contribution in [0.3, 0.4) is 0 Å². The SMILES string of the molecule is O=S(=O)(C1(CC[O][Tl]=[P+]=S)CC1)C1(COCc2ccccc2)CC1. The summed E-state index contributed by atoms with van der Waals surface area (Å²) in [6, 6.07) is 9.89. The summed E-state index contributed by atoms with van der Waals surface area (Å²) < 4.78 is 37.5. The van der Waals surface area contributed by atoms with Gasteiger partial charge in [-0.1, -0.05) is 6.07 Å². The molecule has 0 spiro atoms. The third-order valence-corrected chi connectivity index (χ3v) is 14.6. The van der Waals surface area contributed by atoms with Crippen LogP contribution in [0.25, 0.3) is 0 Å². The minimum atomic E-state index is -3.17. The molecule has 2 saturated carbocycles. The Morgan fingerprint density at radius 3 is 2.38 bits per heavy atom. The number of rotatable bonds is 10. The van der Waals surface area contributed by atoms with Crippen molar-refractivity contribution in [1.29, 1.82) is 0 Å². The second-order valence-electron chi connectivity index (χ2n) is 6.68. The molecule has 4 nitrogen and oxygen atoms in total. The third-order valence-electron chi connectivity index (χ3n) is 5.03. The van der Waals surface area contributed by atoms with Crippen molar-refractivity contribution in [3.63, 3.8) is 0 Å². The maximum absolute atomic E-state index is 13.2. The van der Waals surface area contributed by atoms with Crippen molar-refractivity contribution in [2.24, 2.45) is 0 Å². The summed E-state index contributed by atoms with van der Waals surface area (Å²) >= 11 is 3.68. The van der Waals surface area contributed by atoms with E-state index in [4.69, 9.17) is 19.2 Å². The van der Waals surface area contributed by atoms with Crippen LogP contribution in [0.15, 0.2) is 30.3 Å². The molecule has 0 heterocycles. The van der Waals surface area contributed by atoms with E-state index < -0.39 is 42.9 Å². The molecule has 0 amide bonds. The van der Waals surface area contributed by atoms with Crippen molar-refractivity contribution in [2.75, 3.05) is 13.2 Å². The first-order chi connectivity index (χ1) is 11.6. The molecule has 1 aromatic carbocycles. The van der Waals surface area contributed by atoms with Crippen molar-refractivity contribution >= 4 is 49.2 Å². The predicted octanol–water partition coefficient (Wildman–Crippen LogP) is 3.03. The van der Waals surface area contributed by atoms with E-state index in [-0.39, 0.29) is 0 Å². The number of sulfone groups is 1. The molecular weight excluding hydrogens is 556 g/mol. The van der Waals surface area contributed by atoms with Gasteiger partial charge in [0.15, 0.2) is 0 Å². The van der Waals surface area contributed by atoms with Gasteiger partial charge in [-0.05, 0) is 0 Å². The van der Waals surface area contributed by atoms with Crippen LogP contribution in [0.4, 0.5) is 0 Å². The minimum absolute atomic E-state index is 0.316. The second kappa shape index (κ2) is 8.13. The van der Waals surface area contributed by atoms with Gasteiger partial charge in [0, 0.05) is 0 Å². The van der Waals surface area contributed by atoms with Gasteiger partial charge in [0.25, 0.3) is 0 Å². The van der Waals surface area contributed by atoms with Crippen molar-refractivity contribution < 1.29 is 15.8 Å². The van der Waals surface area contributed by atoms with Crippen LogP contribution in [0, 0.1) is 0 Å². The van der Waals surface area contributed by atoms with Gasteiger partial charge in [-0.25, -0.2) is 0 Å². The second-order valence-corrected chi connectivity index (χ2v) is 21.6. The number of benzene rings is 1. The van der Waals surface area contributed by atoms with Crippen LogP contribution in [-0.2, 0) is 35.7 Å². The Morgan fingerprint density at radius 1 is 1.12 bits per heavy atom. The van der Waals surface area contributed by atoms with Gasteiger partial charge in [-0.3, -0.25) is 0 Å². The number of ether oxygens (including phenoxy) is 1. The molecule has 0 radical (unpaired) electrons. The van der Waals surface area contributed by atoms with E-state index in [0.29, 0.717) is 26.2 Å². The van der Waals surface area contributed by atoms with Gasteiger partial charge < -0.3 is 0 Å². The van der Waals surface area contributed by atoms with Crippen molar-refractivity contribution in [3.05, 3.63) is 35.9 Å². The summed E-state index contributed by atoms with van der Waals surface area (Å²) in [5.41, 5.74) is 1.08. The van der Waals surface area contributed by atoms with Crippen LogP contribution in [-0.4, -0.2) is 54.7 Å². The fourth-order valence-corrected chi connectivity index (χ4v) is 10.1. The molecular formula is C16H21O4PS2Tl+. The summed E-state index contributed by atoms with van der Waals surface area (Å²) in [6.07, 6.45) is 3.66. The van der Waals surface area contributed by atoms with Gasteiger partial charge in [0.05, 0.1) is 0 Å². The Hall–Kier alpha value is 0.662. The summed E-state index contributed by atoms with van der Waals surface area (Å²) in [5, 5.41) is 0. The predicted molar refractivity (Wildman–Crippen MR) is 99.6 cm³/mol. The fourth-order valence-electron chi connectivity index (χ4n) is 3.14. The summed E-state index contributed by atoms with van der Waals surface area (Å²) in [4.78, 5) is 0. The zero-order valence-electron chi connectivity index (χ0n) is 13.5. The third kappa shape index (κ3) is 4.14. The van der Waals surface area contributed by atoms with Crippen molar-refractivity contribution in [1.82, 2.24) is 0 Å². The van der Waals surface area contributed by atoms with Gasteiger partial charge in [-0.2, -0.15) is 0 Å². The molecule has 0 aromatic heterocycles. The van der Waals surface area contributed by atoms with Crippen LogP contribution < -0.4 is 0 Å². The topological polar surface area (TPSA) is 52.6 Å². The molecule has 0 N–H and O–H groups in total. The molecule has 2 aliphatic rings. The molecule has 0 bridgehead atoms. The van der Waals surface area contributed by atoms with Gasteiger partial charge in [0.1, 0.15) is 0 Å². The van der Waals surface area contributed by atoms with Crippen LogP contribution >= 0.6 is 4.00 Å². The number of hydrogen-bond donors (Lipinski definition) is 0. The molecule has 128 valence electrons.